The Morgan fingerprint density at radius 3 is 1.89 bits per heavy atom. The van der Waals surface area contributed by atoms with Crippen molar-refractivity contribution in [3.05, 3.63) is 23.3 Å². The summed E-state index contributed by atoms with van der Waals surface area (Å²) in [5.41, 5.74) is -1.19. The maximum absolute atomic E-state index is 15.0. The van der Waals surface area contributed by atoms with Crippen molar-refractivity contribution in [1.29, 1.82) is 0 Å². The van der Waals surface area contributed by atoms with Crippen molar-refractivity contribution in [2.45, 2.75) is 244 Å². The van der Waals surface area contributed by atoms with E-state index in [0.29, 0.717) is 38.5 Å². The number of aliphatic carboxylic acids is 1. The van der Waals surface area contributed by atoms with Crippen LogP contribution in [0.5, 0.6) is 0 Å². The Bertz CT molecular complexity index is 1840. The van der Waals surface area contributed by atoms with Crippen LogP contribution in [0.4, 0.5) is 0 Å². The van der Waals surface area contributed by atoms with Crippen LogP contribution in [-0.4, -0.2) is 143 Å². The second-order valence-electron chi connectivity index (χ2n) is 24.8. The molecule has 1 saturated carbocycles. The van der Waals surface area contributed by atoms with Crippen molar-refractivity contribution in [3.8, 4) is 0 Å². The number of carbonyl (C=O) groups excluding carboxylic acids is 3. The molecule has 0 bridgehead atoms. The summed E-state index contributed by atoms with van der Waals surface area (Å²) in [6, 6.07) is -1.21. The number of amides is 1. The smallest absolute Gasteiger partial charge is 0.345 e. The molecule has 2 aliphatic heterocycles. The lowest BCUT2D eigenvalue weighted by Crippen LogP contribution is -2.63. The molecule has 3 N–H and O–H groups in total. The number of carboxylic acids is 1. The van der Waals surface area contributed by atoms with Crippen LogP contribution < -0.4 is 0 Å². The van der Waals surface area contributed by atoms with Gasteiger partial charge in [0.2, 0.25) is 5.60 Å². The standard InChI is InChI=1S/C55H99NO13Si2/c1-20-40-28-34(2)27-35(3)29-46(65-14)48(58)47(66-15)31-37(5)55(63,52(61)62)51(60)56-26-22-21-23-41(56)50(59)67-49(38(6)44(33-42(40)57)69-71(18,19)54(10,11)12)36(4)30-39-24-25-43(45(32-39)64-13)68-70(16,17)53(7,8)9/h28,30,35,37-41,43-49,58,63H,20-27,29,31-33H2,1-19H3,(H,61,62)/b34-28+,36-30+/t35-,37+,38+,39-,40+,41-,43+,44-,45+,46-,47-,48+,49+,55-/m0/s1. The number of carbonyl (C=O) groups is 4. The first kappa shape index (κ1) is 63.0. The van der Waals surface area contributed by atoms with Crippen LogP contribution in [0.3, 0.4) is 0 Å². The van der Waals surface area contributed by atoms with Crippen LogP contribution in [0.2, 0.25) is 36.3 Å². The van der Waals surface area contributed by atoms with Crippen molar-refractivity contribution in [2.75, 3.05) is 27.9 Å². The Balaban J connectivity index is 2.29. The molecule has 1 aliphatic carbocycles. The molecule has 1 amide bonds. The second kappa shape index (κ2) is 26.0. The zero-order chi connectivity index (χ0) is 54.2. The largest absolute Gasteiger partial charge is 0.479 e. The summed E-state index contributed by atoms with van der Waals surface area (Å²) < 4.78 is 38.5. The van der Waals surface area contributed by atoms with Gasteiger partial charge in [-0.1, -0.05) is 87.0 Å². The number of cyclic esters (lactones) is 1. The lowest BCUT2D eigenvalue weighted by Gasteiger charge is -2.44. The number of methoxy groups -OCH3 is 3. The number of Topliss-reactive ketones (excluding diaryl/α,β-unsaturated/α-hetero) is 1. The topological polar surface area (TPSA) is 188 Å². The average Bonchev–Trinajstić information content (AvgIpc) is 3.28. The molecule has 410 valence electrons. The number of esters is 1. The fraction of sp³-hybridized carbons (Fsp3) is 0.855. The van der Waals surface area contributed by atoms with Crippen molar-refractivity contribution >= 4 is 40.3 Å². The van der Waals surface area contributed by atoms with Gasteiger partial charge >= 0.3 is 11.9 Å². The molecule has 16 heteroatoms. The van der Waals surface area contributed by atoms with E-state index in [4.69, 9.17) is 27.8 Å². The third-order valence-corrected chi connectivity index (χ3v) is 26.2. The minimum atomic E-state index is -2.98. The Morgan fingerprint density at radius 1 is 0.817 bits per heavy atom. The van der Waals surface area contributed by atoms with Crippen molar-refractivity contribution in [3.63, 3.8) is 0 Å². The number of hydrogen-bond acceptors (Lipinski definition) is 12. The maximum atomic E-state index is 15.0. The first-order valence-corrected chi connectivity index (χ1v) is 32.5. The zero-order valence-corrected chi connectivity index (χ0v) is 49.5. The third kappa shape index (κ3) is 15.9. The minimum Gasteiger partial charge on any atom is -0.479 e. The molecule has 0 unspecified atom stereocenters. The summed E-state index contributed by atoms with van der Waals surface area (Å²) in [5, 5.41) is 34.4. The summed E-state index contributed by atoms with van der Waals surface area (Å²) in [4.78, 5) is 58.9. The highest BCUT2D eigenvalue weighted by atomic mass is 28.4. The number of fused-ring (bicyclic) bond motifs is 1. The molecule has 0 spiro atoms. The first-order valence-electron chi connectivity index (χ1n) is 26.7. The van der Waals surface area contributed by atoms with Gasteiger partial charge in [-0.2, -0.15) is 0 Å². The van der Waals surface area contributed by atoms with E-state index in [1.165, 1.54) is 26.0 Å². The number of rotatable bonds is 11. The SMILES string of the molecule is CC[C@@H]1/C=C(\C)C[C@H](C)C[C@H](OC)[C@@H](O)[C@@H](OC)C[C@@H](C)[C@@](O)(C(=O)O)C(=O)N2CCCC[C@H]2C(=O)O[C@H](/C(C)=C/[C@@H]2CC[C@@H](O[Si](C)(C)C(C)(C)C)[C@H](OC)C2)[C@H](C)[C@@H](O[Si](C)(C)C(C)(C)C)CC1=O. The molecule has 0 radical (unpaired) electrons. The molecule has 3 rings (SSSR count). The monoisotopic (exact) mass is 1040 g/mol. The molecule has 14 nitrogen and oxygen atoms in total. The average molecular weight is 1040 g/mol. The molecular formula is C55H99NO13Si2. The Morgan fingerprint density at radius 2 is 1.37 bits per heavy atom. The molecule has 3 aliphatic rings. The Labute approximate surface area is 431 Å². The van der Waals surface area contributed by atoms with Gasteiger partial charge in [-0.3, -0.25) is 9.59 Å². The summed E-state index contributed by atoms with van der Waals surface area (Å²) in [6.07, 6.45) is 4.44. The molecule has 0 aromatic rings. The van der Waals surface area contributed by atoms with Crippen LogP contribution in [0.1, 0.15) is 154 Å². The number of ether oxygens (including phenoxy) is 4. The highest BCUT2D eigenvalue weighted by molar-refractivity contribution is 6.74. The molecule has 71 heavy (non-hydrogen) atoms. The van der Waals surface area contributed by atoms with Gasteiger partial charge in [0.15, 0.2) is 16.6 Å². The number of carboxylic acid groups (broad SMARTS) is 1. The number of ketones is 1. The summed E-state index contributed by atoms with van der Waals surface area (Å²) in [6.45, 7) is 33.4. The quantitative estimate of drug-likeness (QED) is 0.0769. The zero-order valence-electron chi connectivity index (χ0n) is 47.5. The van der Waals surface area contributed by atoms with E-state index >= 15 is 4.79 Å². The molecule has 1 saturated heterocycles. The molecule has 0 aromatic carbocycles. The van der Waals surface area contributed by atoms with E-state index in [0.717, 1.165) is 24.0 Å². The van der Waals surface area contributed by atoms with E-state index in [9.17, 15) is 29.7 Å². The van der Waals surface area contributed by atoms with Gasteiger partial charge in [-0.25, -0.2) is 9.59 Å². The third-order valence-electron chi connectivity index (χ3n) is 17.2. The lowest BCUT2D eigenvalue weighted by molar-refractivity contribution is -0.186. The van der Waals surface area contributed by atoms with Crippen LogP contribution >= 0.6 is 0 Å². The van der Waals surface area contributed by atoms with Gasteiger partial charge in [-0.15, -0.1) is 0 Å². The van der Waals surface area contributed by atoms with E-state index in [2.05, 4.69) is 79.9 Å². The predicted molar refractivity (Wildman–Crippen MR) is 284 cm³/mol. The van der Waals surface area contributed by atoms with E-state index < -0.39 is 94.4 Å². The highest BCUT2D eigenvalue weighted by Gasteiger charge is 2.55. The van der Waals surface area contributed by atoms with Crippen LogP contribution in [-0.2, 0) is 47.0 Å². The Kier molecular flexibility index (Phi) is 23.1. The number of aliphatic hydroxyl groups is 2. The minimum absolute atomic E-state index is 0.00126. The van der Waals surface area contributed by atoms with Gasteiger partial charge in [0.25, 0.3) is 5.91 Å². The summed E-state index contributed by atoms with van der Waals surface area (Å²) >= 11 is 0. The molecular weight excluding hydrogens is 939 g/mol. The fourth-order valence-electron chi connectivity index (χ4n) is 10.5. The van der Waals surface area contributed by atoms with E-state index in [1.807, 2.05) is 34.6 Å². The highest BCUT2D eigenvalue weighted by Crippen LogP contribution is 2.43. The number of aliphatic hydroxyl groups excluding tert-OH is 1. The normalized spacial score (nSPS) is 35.6. The number of allylic oxidation sites excluding steroid dienone is 3. The van der Waals surface area contributed by atoms with Gasteiger partial charge in [0, 0.05) is 52.0 Å². The first-order chi connectivity index (χ1) is 32.7. The van der Waals surface area contributed by atoms with Crippen molar-refractivity contribution < 1.29 is 62.3 Å². The molecule has 0 aromatic heterocycles. The van der Waals surface area contributed by atoms with Crippen molar-refractivity contribution in [1.82, 2.24) is 4.90 Å². The second-order valence-corrected chi connectivity index (χ2v) is 34.3. The van der Waals surface area contributed by atoms with Crippen LogP contribution in [0.15, 0.2) is 23.3 Å². The molecule has 2 heterocycles. The summed E-state index contributed by atoms with van der Waals surface area (Å²) in [7, 11) is -0.0825. The van der Waals surface area contributed by atoms with Crippen LogP contribution in [0, 0.1) is 29.6 Å². The van der Waals surface area contributed by atoms with Crippen molar-refractivity contribution in [2.24, 2.45) is 29.6 Å². The number of hydrogen-bond donors (Lipinski definition) is 3. The molecule has 14 atom stereocenters. The fourth-order valence-corrected chi connectivity index (χ4v) is 13.3. The Hall–Kier alpha value is -2.29. The maximum Gasteiger partial charge on any atom is 0.345 e. The molecule has 2 fully saturated rings. The van der Waals surface area contributed by atoms with Gasteiger partial charge in [-0.05, 0) is 132 Å². The van der Waals surface area contributed by atoms with Gasteiger partial charge in [0.05, 0.1) is 30.5 Å². The number of nitrogens with zero attached hydrogens (tertiary/aromatic N) is 1. The summed E-state index contributed by atoms with van der Waals surface area (Å²) in [5.74, 6) is -5.76. The predicted octanol–water partition coefficient (Wildman–Crippen LogP) is 10.1. The lowest BCUT2D eigenvalue weighted by atomic mass is 9.80. The van der Waals surface area contributed by atoms with E-state index in [-0.39, 0.29) is 65.7 Å². The van der Waals surface area contributed by atoms with Crippen LogP contribution in [0.25, 0.3) is 0 Å². The van der Waals surface area contributed by atoms with E-state index in [1.54, 1.807) is 7.11 Å². The van der Waals surface area contributed by atoms with Gasteiger partial charge < -0.3 is 48.0 Å². The number of piperidine rings is 1. The van der Waals surface area contributed by atoms with Gasteiger partial charge in [0.1, 0.15) is 24.0 Å².